The number of carbonyl (C=O) groups excluding carboxylic acids is 1. The molecule has 5 heteroatoms. The van der Waals surface area contributed by atoms with E-state index >= 15 is 0 Å². The summed E-state index contributed by atoms with van der Waals surface area (Å²) in [5.41, 5.74) is 7.48. The van der Waals surface area contributed by atoms with Crippen molar-refractivity contribution in [2.45, 2.75) is 4.90 Å². The summed E-state index contributed by atoms with van der Waals surface area (Å²) in [6, 6.07) is 5.64. The predicted octanol–water partition coefficient (Wildman–Crippen LogP) is 1.96. The topological polar surface area (TPSA) is 68.9 Å². The van der Waals surface area contributed by atoms with Gasteiger partial charge in [0.25, 0.3) is 5.91 Å². The lowest BCUT2D eigenvalue weighted by Crippen LogP contribution is -2.14. The number of rotatable bonds is 3. The van der Waals surface area contributed by atoms with Gasteiger partial charge >= 0.3 is 0 Å². The largest absolute Gasteiger partial charge is 0.364 e. The molecular formula is C12H11N3OS. The lowest BCUT2D eigenvalue weighted by Gasteiger charge is -2.09. The Morgan fingerprint density at radius 1 is 1.35 bits per heavy atom. The summed E-state index contributed by atoms with van der Waals surface area (Å²) in [4.78, 5) is 20.2. The summed E-state index contributed by atoms with van der Waals surface area (Å²) in [5, 5.41) is 0. The van der Waals surface area contributed by atoms with Gasteiger partial charge in [-0.1, -0.05) is 6.07 Å². The van der Waals surface area contributed by atoms with Crippen molar-refractivity contribution >= 4 is 17.7 Å². The van der Waals surface area contributed by atoms with Crippen LogP contribution >= 0.6 is 11.8 Å². The van der Waals surface area contributed by atoms with Crippen LogP contribution in [0.4, 0.5) is 0 Å². The van der Waals surface area contributed by atoms with Crippen LogP contribution in [0, 0.1) is 0 Å². The lowest BCUT2D eigenvalue weighted by atomic mass is 10.1. The average Bonchev–Trinajstić information content (AvgIpc) is 2.38. The van der Waals surface area contributed by atoms with Crippen molar-refractivity contribution in [2.75, 3.05) is 6.26 Å². The maximum Gasteiger partial charge on any atom is 0.268 e. The van der Waals surface area contributed by atoms with Gasteiger partial charge in [0.1, 0.15) is 5.69 Å². The van der Waals surface area contributed by atoms with E-state index in [0.717, 1.165) is 16.0 Å². The summed E-state index contributed by atoms with van der Waals surface area (Å²) in [5.74, 6) is -0.514. The first kappa shape index (κ1) is 11.6. The molecule has 0 atom stereocenters. The maximum absolute atomic E-state index is 11.3. The quantitative estimate of drug-likeness (QED) is 0.839. The number of amides is 1. The van der Waals surface area contributed by atoms with Crippen LogP contribution in [0.2, 0.25) is 0 Å². The van der Waals surface area contributed by atoms with Gasteiger partial charge < -0.3 is 5.73 Å². The van der Waals surface area contributed by atoms with Crippen molar-refractivity contribution in [2.24, 2.45) is 5.73 Å². The molecule has 2 aromatic rings. The molecule has 0 aromatic carbocycles. The molecule has 86 valence electrons. The number of nitrogens with two attached hydrogens (primary N) is 1. The molecule has 2 N–H and O–H groups in total. The highest BCUT2D eigenvalue weighted by Crippen LogP contribution is 2.31. The second-order valence-electron chi connectivity index (χ2n) is 3.35. The number of aromatic nitrogens is 2. The Labute approximate surface area is 103 Å². The molecule has 0 unspecified atom stereocenters. The Morgan fingerprint density at radius 2 is 2.18 bits per heavy atom. The third-order valence-corrected chi connectivity index (χ3v) is 3.14. The van der Waals surface area contributed by atoms with Gasteiger partial charge in [-0.25, -0.2) is 4.98 Å². The lowest BCUT2D eigenvalue weighted by molar-refractivity contribution is 0.0992. The van der Waals surface area contributed by atoms with Gasteiger partial charge in [-0.3, -0.25) is 9.78 Å². The fraction of sp³-hybridized carbons (Fsp3) is 0.0833. The highest BCUT2D eigenvalue weighted by molar-refractivity contribution is 7.98. The molecule has 0 saturated carbocycles. The van der Waals surface area contributed by atoms with E-state index in [1.807, 2.05) is 24.5 Å². The predicted molar refractivity (Wildman–Crippen MR) is 67.8 cm³/mol. The first-order valence-corrected chi connectivity index (χ1v) is 6.19. The zero-order valence-corrected chi connectivity index (χ0v) is 10.1. The van der Waals surface area contributed by atoms with Crippen LogP contribution in [0.25, 0.3) is 11.1 Å². The molecule has 4 nitrogen and oxygen atoms in total. The maximum atomic E-state index is 11.3. The fourth-order valence-corrected chi connectivity index (χ4v) is 2.33. The Balaban J connectivity index is 2.63. The molecule has 2 rings (SSSR count). The zero-order chi connectivity index (χ0) is 12.3. The molecule has 0 aliphatic heterocycles. The van der Waals surface area contributed by atoms with E-state index in [4.69, 9.17) is 5.73 Å². The monoisotopic (exact) mass is 245 g/mol. The molecule has 0 fully saturated rings. The van der Waals surface area contributed by atoms with Gasteiger partial charge in [0.05, 0.1) is 0 Å². The van der Waals surface area contributed by atoms with Crippen LogP contribution in [-0.2, 0) is 0 Å². The summed E-state index contributed by atoms with van der Waals surface area (Å²) < 4.78 is 0. The van der Waals surface area contributed by atoms with E-state index in [9.17, 15) is 4.79 Å². The third-order valence-electron chi connectivity index (χ3n) is 2.31. The van der Waals surface area contributed by atoms with E-state index in [2.05, 4.69) is 9.97 Å². The standard InChI is InChI=1S/C12H11N3OS/c1-17-11-9(8-3-2-5-14-7-8)4-6-15-10(11)12(13)16/h2-7H,1H3,(H2,13,16). The minimum atomic E-state index is -0.514. The summed E-state index contributed by atoms with van der Waals surface area (Å²) in [6.45, 7) is 0. The van der Waals surface area contributed by atoms with Crippen LogP contribution < -0.4 is 5.73 Å². The number of hydrogen-bond acceptors (Lipinski definition) is 4. The molecule has 0 bridgehead atoms. The molecule has 1 amide bonds. The van der Waals surface area contributed by atoms with Crippen molar-refractivity contribution in [3.63, 3.8) is 0 Å². The number of primary amides is 1. The van der Waals surface area contributed by atoms with E-state index < -0.39 is 5.91 Å². The van der Waals surface area contributed by atoms with Gasteiger partial charge in [0.15, 0.2) is 0 Å². The van der Waals surface area contributed by atoms with Crippen LogP contribution in [-0.4, -0.2) is 22.1 Å². The minimum Gasteiger partial charge on any atom is -0.364 e. The Bertz CT molecular complexity index is 543. The summed E-state index contributed by atoms with van der Waals surface area (Å²) in [6.07, 6.45) is 6.93. The van der Waals surface area contributed by atoms with Crippen LogP contribution in [0.3, 0.4) is 0 Å². The molecule has 2 heterocycles. The summed E-state index contributed by atoms with van der Waals surface area (Å²) >= 11 is 1.45. The van der Waals surface area contributed by atoms with Gasteiger partial charge in [-0.15, -0.1) is 11.8 Å². The molecule has 0 aliphatic carbocycles. The van der Waals surface area contributed by atoms with Crippen LogP contribution in [0.5, 0.6) is 0 Å². The van der Waals surface area contributed by atoms with Gasteiger partial charge in [-0.05, 0) is 18.4 Å². The molecular weight excluding hydrogens is 234 g/mol. The normalized spacial score (nSPS) is 10.2. The highest BCUT2D eigenvalue weighted by Gasteiger charge is 2.14. The van der Waals surface area contributed by atoms with Crippen molar-refractivity contribution in [1.82, 2.24) is 9.97 Å². The number of pyridine rings is 2. The minimum absolute atomic E-state index is 0.304. The molecule has 0 saturated heterocycles. The second-order valence-corrected chi connectivity index (χ2v) is 4.16. The van der Waals surface area contributed by atoms with Crippen LogP contribution in [0.1, 0.15) is 10.5 Å². The number of thioether (sulfide) groups is 1. The first-order valence-electron chi connectivity index (χ1n) is 4.97. The fourth-order valence-electron chi connectivity index (χ4n) is 1.58. The highest BCUT2D eigenvalue weighted by atomic mass is 32.2. The molecule has 0 aliphatic rings. The second kappa shape index (κ2) is 4.97. The Hall–Kier alpha value is -1.88. The molecule has 0 radical (unpaired) electrons. The van der Waals surface area contributed by atoms with Crippen molar-refractivity contribution in [1.29, 1.82) is 0 Å². The summed E-state index contributed by atoms with van der Waals surface area (Å²) in [7, 11) is 0. The van der Waals surface area contributed by atoms with Gasteiger partial charge in [0.2, 0.25) is 0 Å². The first-order chi connectivity index (χ1) is 8.24. The van der Waals surface area contributed by atoms with Crippen molar-refractivity contribution in [3.8, 4) is 11.1 Å². The van der Waals surface area contributed by atoms with Gasteiger partial charge in [0, 0.05) is 34.6 Å². The third kappa shape index (κ3) is 2.29. The van der Waals surface area contributed by atoms with Crippen molar-refractivity contribution < 1.29 is 4.79 Å². The molecule has 2 aromatic heterocycles. The number of carbonyl (C=O) groups is 1. The number of nitrogens with zero attached hydrogens (tertiary/aromatic N) is 2. The van der Waals surface area contributed by atoms with E-state index in [-0.39, 0.29) is 0 Å². The van der Waals surface area contributed by atoms with E-state index in [1.54, 1.807) is 18.6 Å². The number of hydrogen-bond donors (Lipinski definition) is 1. The smallest absolute Gasteiger partial charge is 0.268 e. The molecule has 0 spiro atoms. The Morgan fingerprint density at radius 3 is 2.76 bits per heavy atom. The SMILES string of the molecule is CSc1c(-c2cccnc2)ccnc1C(N)=O. The van der Waals surface area contributed by atoms with Gasteiger partial charge in [-0.2, -0.15) is 0 Å². The zero-order valence-electron chi connectivity index (χ0n) is 9.25. The average molecular weight is 245 g/mol. The van der Waals surface area contributed by atoms with Crippen molar-refractivity contribution in [3.05, 3.63) is 42.5 Å². The van der Waals surface area contributed by atoms with E-state index in [1.165, 1.54) is 11.8 Å². The van der Waals surface area contributed by atoms with E-state index in [0.29, 0.717) is 5.69 Å². The molecule has 17 heavy (non-hydrogen) atoms. The van der Waals surface area contributed by atoms with Crippen LogP contribution in [0.15, 0.2) is 41.7 Å². The Kier molecular flexibility index (Phi) is 3.39.